The molecule has 0 bridgehead atoms. The van der Waals surface area contributed by atoms with Crippen LogP contribution < -0.4 is 0 Å². The summed E-state index contributed by atoms with van der Waals surface area (Å²) in [6, 6.07) is 0. The first-order valence-electron chi connectivity index (χ1n) is 11.8. The van der Waals surface area contributed by atoms with Crippen molar-refractivity contribution in [2.24, 2.45) is 11.8 Å². The van der Waals surface area contributed by atoms with Crippen LogP contribution in [0, 0.1) is 11.8 Å². The Morgan fingerprint density at radius 2 is 1.00 bits per heavy atom. The van der Waals surface area contributed by atoms with E-state index in [9.17, 15) is 0 Å². The molecule has 2 unspecified atom stereocenters. The monoisotopic (exact) mass is 338 g/mol. The fraction of sp³-hybridized carbons (Fsp3) is 1.00. The molecular formula is C24H50. The lowest BCUT2D eigenvalue weighted by molar-refractivity contribution is 0.264. The summed E-state index contributed by atoms with van der Waals surface area (Å²) >= 11 is 0. The van der Waals surface area contributed by atoms with Crippen molar-refractivity contribution in [3.8, 4) is 0 Å². The van der Waals surface area contributed by atoms with Gasteiger partial charge in [-0.3, -0.25) is 0 Å². The predicted octanol–water partition coefficient (Wildman–Crippen LogP) is 9.32. The minimum Gasteiger partial charge on any atom is -0.0654 e. The first-order valence-corrected chi connectivity index (χ1v) is 11.8. The number of hydrogen-bond acceptors (Lipinski definition) is 0. The van der Waals surface area contributed by atoms with Gasteiger partial charge in [-0.05, 0) is 11.8 Å². The van der Waals surface area contributed by atoms with Crippen LogP contribution in [0.1, 0.15) is 143 Å². The molecule has 1 saturated carbocycles. The minimum absolute atomic E-state index is 1.00. The van der Waals surface area contributed by atoms with Crippen LogP contribution in [0.2, 0.25) is 0 Å². The summed E-state index contributed by atoms with van der Waals surface area (Å²) in [6.45, 7) is 9.35. The van der Waals surface area contributed by atoms with E-state index in [1.54, 1.807) is 0 Å². The van der Waals surface area contributed by atoms with Gasteiger partial charge in [-0.1, -0.05) is 143 Å². The Hall–Kier alpha value is 0. The molecule has 1 aliphatic carbocycles. The summed E-state index contributed by atoms with van der Waals surface area (Å²) in [5.74, 6) is 2.06. The lowest BCUT2D eigenvalue weighted by atomic mass is 9.80. The van der Waals surface area contributed by atoms with E-state index in [4.69, 9.17) is 0 Å². The Morgan fingerprint density at radius 1 is 0.542 bits per heavy atom. The van der Waals surface area contributed by atoms with Crippen molar-refractivity contribution in [2.45, 2.75) is 143 Å². The molecule has 0 spiro atoms. The van der Waals surface area contributed by atoms with Gasteiger partial charge >= 0.3 is 0 Å². The van der Waals surface area contributed by atoms with Gasteiger partial charge in [0.05, 0.1) is 0 Å². The summed E-state index contributed by atoms with van der Waals surface area (Å²) in [5.41, 5.74) is 0. The average Bonchev–Trinajstić information content (AvgIpc) is 2.58. The highest BCUT2D eigenvalue weighted by atomic mass is 14.2. The number of hydrogen-bond donors (Lipinski definition) is 0. The van der Waals surface area contributed by atoms with Crippen molar-refractivity contribution < 1.29 is 0 Å². The van der Waals surface area contributed by atoms with Crippen molar-refractivity contribution in [1.82, 2.24) is 0 Å². The maximum Gasteiger partial charge on any atom is -0.0389 e. The van der Waals surface area contributed by atoms with Crippen molar-refractivity contribution in [1.29, 1.82) is 0 Å². The molecule has 0 aromatic carbocycles. The van der Waals surface area contributed by atoms with E-state index in [-0.39, 0.29) is 0 Å². The third-order valence-corrected chi connectivity index (χ3v) is 5.91. The van der Waals surface area contributed by atoms with Crippen LogP contribution in [-0.2, 0) is 0 Å². The molecule has 0 heteroatoms. The number of unbranched alkanes of at least 4 members (excludes halogenated alkanes) is 9. The Kier molecular flexibility index (Phi) is 19.3. The molecule has 0 aromatic heterocycles. The van der Waals surface area contributed by atoms with Crippen LogP contribution in [-0.4, -0.2) is 0 Å². The van der Waals surface area contributed by atoms with Gasteiger partial charge in [0.25, 0.3) is 0 Å². The molecule has 0 nitrogen and oxygen atoms in total. The second kappa shape index (κ2) is 19.3. The molecule has 1 fully saturated rings. The van der Waals surface area contributed by atoms with E-state index in [1.807, 2.05) is 0 Å². The largest absolute Gasteiger partial charge is 0.0654 e. The first-order chi connectivity index (χ1) is 11.8. The minimum atomic E-state index is 1.00. The van der Waals surface area contributed by atoms with Gasteiger partial charge in [0, 0.05) is 0 Å². The highest BCUT2D eigenvalue weighted by Gasteiger charge is 2.17. The Bertz CT molecular complexity index is 210. The molecule has 1 aliphatic rings. The van der Waals surface area contributed by atoms with E-state index in [1.165, 1.54) is 116 Å². The zero-order valence-electron chi connectivity index (χ0n) is 17.9. The van der Waals surface area contributed by atoms with Gasteiger partial charge in [-0.15, -0.1) is 0 Å². The maximum absolute atomic E-state index is 2.46. The second-order valence-electron chi connectivity index (χ2n) is 8.35. The van der Waals surface area contributed by atoms with Crippen molar-refractivity contribution >= 4 is 0 Å². The normalized spacial score (nSPS) is 21.5. The van der Waals surface area contributed by atoms with Gasteiger partial charge in [0.15, 0.2) is 0 Å². The van der Waals surface area contributed by atoms with Crippen LogP contribution in [0.5, 0.6) is 0 Å². The molecule has 146 valence electrons. The fourth-order valence-electron chi connectivity index (χ4n) is 4.11. The predicted molar refractivity (Wildman–Crippen MR) is 113 cm³/mol. The van der Waals surface area contributed by atoms with Crippen molar-refractivity contribution in [3.05, 3.63) is 0 Å². The summed E-state index contributed by atoms with van der Waals surface area (Å²) < 4.78 is 0. The van der Waals surface area contributed by atoms with Gasteiger partial charge < -0.3 is 0 Å². The van der Waals surface area contributed by atoms with Crippen LogP contribution >= 0.6 is 0 Å². The molecule has 0 aliphatic heterocycles. The molecule has 0 saturated heterocycles. The maximum atomic E-state index is 2.46. The SMILES string of the molecule is CCCC1CCCCCCC1C.CCCCCCCCCCCC. The third kappa shape index (κ3) is 15.5. The topological polar surface area (TPSA) is 0 Å². The van der Waals surface area contributed by atoms with Gasteiger partial charge in [0.2, 0.25) is 0 Å². The lowest BCUT2D eigenvalue weighted by Crippen LogP contribution is -2.13. The molecule has 0 radical (unpaired) electrons. The first kappa shape index (κ1) is 24.0. The van der Waals surface area contributed by atoms with Gasteiger partial charge in [-0.2, -0.15) is 0 Å². The molecule has 0 N–H and O–H groups in total. The van der Waals surface area contributed by atoms with Crippen LogP contribution in [0.15, 0.2) is 0 Å². The van der Waals surface area contributed by atoms with Crippen LogP contribution in [0.25, 0.3) is 0 Å². The Morgan fingerprint density at radius 3 is 1.46 bits per heavy atom. The van der Waals surface area contributed by atoms with E-state index < -0.39 is 0 Å². The standard InChI is InChI=1S/C12H24.C12H26/c1-3-8-12-10-7-5-4-6-9-11(12)2;1-3-5-7-9-11-12-10-8-6-4-2/h11-12H,3-10H2,1-2H3;3-12H2,1-2H3. The molecule has 0 amide bonds. The Labute approximate surface area is 155 Å². The van der Waals surface area contributed by atoms with Crippen LogP contribution in [0.4, 0.5) is 0 Å². The summed E-state index contributed by atoms with van der Waals surface area (Å²) in [7, 11) is 0. The van der Waals surface area contributed by atoms with E-state index >= 15 is 0 Å². The molecule has 24 heavy (non-hydrogen) atoms. The van der Waals surface area contributed by atoms with E-state index in [0.717, 1.165) is 11.8 Å². The van der Waals surface area contributed by atoms with E-state index in [0.29, 0.717) is 0 Å². The zero-order chi connectivity index (χ0) is 17.9. The molecule has 2 atom stereocenters. The van der Waals surface area contributed by atoms with E-state index in [2.05, 4.69) is 27.7 Å². The molecule has 0 heterocycles. The smallest absolute Gasteiger partial charge is 0.0389 e. The average molecular weight is 339 g/mol. The van der Waals surface area contributed by atoms with Crippen LogP contribution in [0.3, 0.4) is 0 Å². The molecular weight excluding hydrogens is 288 g/mol. The van der Waals surface area contributed by atoms with Gasteiger partial charge in [0.1, 0.15) is 0 Å². The lowest BCUT2D eigenvalue weighted by Gasteiger charge is -2.25. The summed E-state index contributed by atoms with van der Waals surface area (Å²) in [5, 5.41) is 0. The molecule has 1 rings (SSSR count). The molecule has 0 aromatic rings. The second-order valence-corrected chi connectivity index (χ2v) is 8.35. The number of rotatable bonds is 11. The Balaban J connectivity index is 0.000000441. The fourth-order valence-corrected chi connectivity index (χ4v) is 4.11. The highest BCUT2D eigenvalue weighted by molar-refractivity contribution is 4.69. The summed E-state index contributed by atoms with van der Waals surface area (Å²) in [6.07, 6.45) is 26.3. The highest BCUT2D eigenvalue weighted by Crippen LogP contribution is 2.30. The summed E-state index contributed by atoms with van der Waals surface area (Å²) in [4.78, 5) is 0. The third-order valence-electron chi connectivity index (χ3n) is 5.91. The van der Waals surface area contributed by atoms with Crippen molar-refractivity contribution in [2.75, 3.05) is 0 Å². The zero-order valence-corrected chi connectivity index (χ0v) is 17.9. The quantitative estimate of drug-likeness (QED) is 0.329. The van der Waals surface area contributed by atoms with Crippen molar-refractivity contribution in [3.63, 3.8) is 0 Å². The van der Waals surface area contributed by atoms with Gasteiger partial charge in [-0.25, -0.2) is 0 Å².